The van der Waals surface area contributed by atoms with Crippen LogP contribution >= 0.6 is 11.6 Å². The second kappa shape index (κ2) is 5.56. The Morgan fingerprint density at radius 1 is 1.53 bits per heavy atom. The van der Waals surface area contributed by atoms with Gasteiger partial charge in [0.2, 0.25) is 5.91 Å². The Kier molecular flexibility index (Phi) is 4.37. The minimum absolute atomic E-state index is 0.0761. The lowest BCUT2D eigenvalue weighted by Crippen LogP contribution is -2.19. The lowest BCUT2D eigenvalue weighted by molar-refractivity contribution is -0.115. The molecule has 0 aliphatic rings. The van der Waals surface area contributed by atoms with Crippen molar-refractivity contribution < 1.29 is 4.79 Å². The predicted molar refractivity (Wildman–Crippen MR) is 60.3 cm³/mol. The van der Waals surface area contributed by atoms with E-state index in [4.69, 9.17) is 11.6 Å². The Bertz CT molecular complexity index is 401. The number of carbonyl (C=O) groups is 1. The van der Waals surface area contributed by atoms with E-state index in [-0.39, 0.29) is 17.9 Å². The summed E-state index contributed by atoms with van der Waals surface area (Å²) in [5, 5.41) is 2.66. The van der Waals surface area contributed by atoms with Gasteiger partial charge in [-0.1, -0.05) is 0 Å². The summed E-state index contributed by atoms with van der Waals surface area (Å²) in [6.45, 7) is 2.45. The first kappa shape index (κ1) is 11.8. The van der Waals surface area contributed by atoms with Crippen LogP contribution in [0.1, 0.15) is 13.3 Å². The Morgan fingerprint density at radius 3 is 2.87 bits per heavy atom. The smallest absolute Gasteiger partial charge is 0.250 e. The van der Waals surface area contributed by atoms with Gasteiger partial charge in [-0.25, -0.2) is 0 Å². The van der Waals surface area contributed by atoms with E-state index >= 15 is 0 Å². The molecule has 0 saturated carbocycles. The Hall–Kier alpha value is -1.29. The lowest BCUT2D eigenvalue weighted by atomic mass is 10.3. The van der Waals surface area contributed by atoms with E-state index < -0.39 is 0 Å². The molecule has 0 saturated heterocycles. The maximum Gasteiger partial charge on any atom is 0.250 e. The average Bonchev–Trinajstić information content (AvgIpc) is 2.21. The molecule has 1 N–H and O–H groups in total. The van der Waals surface area contributed by atoms with Crippen LogP contribution in [0.2, 0.25) is 0 Å². The molecule has 4 nitrogen and oxygen atoms in total. The molecular weight excluding hydrogens is 216 g/mol. The quantitative estimate of drug-likeness (QED) is 0.793. The highest BCUT2D eigenvalue weighted by atomic mass is 35.5. The number of rotatable bonds is 4. The molecule has 1 aromatic rings. The van der Waals surface area contributed by atoms with Crippen LogP contribution in [0.4, 0.5) is 5.69 Å². The van der Waals surface area contributed by atoms with Gasteiger partial charge in [0.1, 0.15) is 0 Å². The van der Waals surface area contributed by atoms with Crippen molar-refractivity contribution in [2.75, 3.05) is 11.2 Å². The summed E-state index contributed by atoms with van der Waals surface area (Å²) in [7, 11) is 0. The molecule has 0 fully saturated rings. The van der Waals surface area contributed by atoms with Crippen molar-refractivity contribution in [2.45, 2.75) is 19.9 Å². The lowest BCUT2D eigenvalue weighted by Gasteiger charge is -2.06. The van der Waals surface area contributed by atoms with E-state index in [2.05, 4.69) is 5.32 Å². The summed E-state index contributed by atoms with van der Waals surface area (Å²) < 4.78 is 1.52. The maximum absolute atomic E-state index is 11.2. The molecule has 0 atom stereocenters. The highest BCUT2D eigenvalue weighted by Crippen LogP contribution is 2.04. The SMILES string of the molecule is CCn1cc(NC(=O)CCCl)ccc1=O. The van der Waals surface area contributed by atoms with Gasteiger partial charge in [-0.15, -0.1) is 11.6 Å². The zero-order valence-corrected chi connectivity index (χ0v) is 9.25. The molecule has 0 unspecified atom stereocenters. The number of nitrogens with zero attached hydrogens (tertiary/aromatic N) is 1. The minimum Gasteiger partial charge on any atom is -0.325 e. The van der Waals surface area contributed by atoms with Crippen molar-refractivity contribution in [1.82, 2.24) is 4.57 Å². The van der Waals surface area contributed by atoms with Crippen LogP contribution in [0.15, 0.2) is 23.1 Å². The number of nitrogens with one attached hydrogen (secondary N) is 1. The fraction of sp³-hybridized carbons (Fsp3) is 0.400. The number of amides is 1. The van der Waals surface area contributed by atoms with E-state index in [0.717, 1.165) is 0 Å². The van der Waals surface area contributed by atoms with Crippen LogP contribution in [-0.4, -0.2) is 16.4 Å². The molecule has 0 spiro atoms. The van der Waals surface area contributed by atoms with Gasteiger partial charge in [-0.3, -0.25) is 9.59 Å². The van der Waals surface area contributed by atoms with E-state index in [1.807, 2.05) is 6.92 Å². The summed E-state index contributed by atoms with van der Waals surface area (Å²) in [4.78, 5) is 22.5. The normalized spacial score (nSPS) is 10.0. The highest BCUT2D eigenvalue weighted by Gasteiger charge is 2.02. The Morgan fingerprint density at radius 2 is 2.27 bits per heavy atom. The van der Waals surface area contributed by atoms with Crippen molar-refractivity contribution in [3.05, 3.63) is 28.7 Å². The number of halogens is 1. The molecule has 1 heterocycles. The van der Waals surface area contributed by atoms with Gasteiger partial charge in [-0.2, -0.15) is 0 Å². The van der Waals surface area contributed by atoms with Gasteiger partial charge in [0.25, 0.3) is 5.56 Å². The third-order valence-corrected chi connectivity index (χ3v) is 2.12. The topological polar surface area (TPSA) is 51.1 Å². The molecule has 1 amide bonds. The van der Waals surface area contributed by atoms with Gasteiger partial charge in [0.05, 0.1) is 5.69 Å². The van der Waals surface area contributed by atoms with Crippen LogP contribution in [0, 0.1) is 0 Å². The number of hydrogen-bond donors (Lipinski definition) is 1. The van der Waals surface area contributed by atoms with Crippen LogP contribution in [-0.2, 0) is 11.3 Å². The Labute approximate surface area is 92.9 Å². The molecule has 82 valence electrons. The molecule has 0 aliphatic heterocycles. The number of aromatic nitrogens is 1. The fourth-order valence-corrected chi connectivity index (χ4v) is 1.33. The van der Waals surface area contributed by atoms with Crippen LogP contribution in [0.5, 0.6) is 0 Å². The van der Waals surface area contributed by atoms with Crippen molar-refractivity contribution in [2.24, 2.45) is 0 Å². The minimum atomic E-state index is -0.147. The maximum atomic E-state index is 11.2. The van der Waals surface area contributed by atoms with Gasteiger partial charge in [0, 0.05) is 31.1 Å². The molecule has 0 radical (unpaired) electrons. The van der Waals surface area contributed by atoms with Gasteiger partial charge in [0.15, 0.2) is 0 Å². The molecule has 1 aromatic heterocycles. The number of hydrogen-bond acceptors (Lipinski definition) is 2. The largest absolute Gasteiger partial charge is 0.325 e. The highest BCUT2D eigenvalue weighted by molar-refractivity contribution is 6.19. The summed E-state index contributed by atoms with van der Waals surface area (Å²) >= 11 is 5.43. The van der Waals surface area contributed by atoms with Crippen molar-refractivity contribution in [1.29, 1.82) is 0 Å². The number of anilines is 1. The van der Waals surface area contributed by atoms with Gasteiger partial charge >= 0.3 is 0 Å². The fourth-order valence-electron chi connectivity index (χ4n) is 1.16. The third kappa shape index (κ3) is 3.40. The molecule has 5 heteroatoms. The number of alkyl halides is 1. The summed E-state index contributed by atoms with van der Waals surface area (Å²) in [6, 6.07) is 3.01. The van der Waals surface area contributed by atoms with Crippen LogP contribution in [0.3, 0.4) is 0 Å². The Balaban J connectivity index is 2.78. The summed E-state index contributed by atoms with van der Waals surface area (Å²) in [5.74, 6) is 0.144. The molecule has 0 bridgehead atoms. The first-order valence-electron chi connectivity index (χ1n) is 4.73. The molecule has 15 heavy (non-hydrogen) atoms. The third-order valence-electron chi connectivity index (χ3n) is 1.93. The van der Waals surface area contributed by atoms with Crippen molar-refractivity contribution in [3.63, 3.8) is 0 Å². The number of pyridine rings is 1. The molecular formula is C10H13ClN2O2. The van der Waals surface area contributed by atoms with Gasteiger partial charge in [-0.05, 0) is 13.0 Å². The van der Waals surface area contributed by atoms with Gasteiger partial charge < -0.3 is 9.88 Å². The molecule has 1 rings (SSSR count). The monoisotopic (exact) mass is 228 g/mol. The zero-order valence-electron chi connectivity index (χ0n) is 8.50. The zero-order chi connectivity index (χ0) is 11.3. The first-order valence-corrected chi connectivity index (χ1v) is 5.27. The van der Waals surface area contributed by atoms with Crippen LogP contribution < -0.4 is 10.9 Å². The first-order chi connectivity index (χ1) is 7.17. The molecule has 0 aromatic carbocycles. The van der Waals surface area contributed by atoms with Crippen molar-refractivity contribution in [3.8, 4) is 0 Å². The van der Waals surface area contributed by atoms with E-state index in [1.165, 1.54) is 10.6 Å². The van der Waals surface area contributed by atoms with E-state index in [0.29, 0.717) is 18.1 Å². The second-order valence-corrected chi connectivity index (χ2v) is 3.41. The molecule has 0 aliphatic carbocycles. The second-order valence-electron chi connectivity index (χ2n) is 3.03. The summed E-state index contributed by atoms with van der Waals surface area (Å²) in [5.41, 5.74) is 0.541. The predicted octanol–water partition coefficient (Wildman–Crippen LogP) is 1.44. The van der Waals surface area contributed by atoms with E-state index in [1.54, 1.807) is 12.3 Å². The summed E-state index contributed by atoms with van der Waals surface area (Å²) in [6.07, 6.45) is 1.89. The number of carbonyl (C=O) groups excluding carboxylic acids is 1. The van der Waals surface area contributed by atoms with Crippen molar-refractivity contribution >= 4 is 23.2 Å². The number of aryl methyl sites for hydroxylation is 1. The standard InChI is InChI=1S/C10H13ClN2O2/c1-2-13-7-8(3-4-10(13)15)12-9(14)5-6-11/h3-4,7H,2,5-6H2,1H3,(H,12,14). The average molecular weight is 229 g/mol. The van der Waals surface area contributed by atoms with E-state index in [9.17, 15) is 9.59 Å². The van der Waals surface area contributed by atoms with Crippen LogP contribution in [0.25, 0.3) is 0 Å².